The highest BCUT2D eigenvalue weighted by molar-refractivity contribution is 5.94. The summed E-state index contributed by atoms with van der Waals surface area (Å²) in [5.41, 5.74) is 4.23. The lowest BCUT2D eigenvalue weighted by Crippen LogP contribution is -2.45. The van der Waals surface area contributed by atoms with Crippen LogP contribution in [-0.4, -0.2) is 55.2 Å². The van der Waals surface area contributed by atoms with Gasteiger partial charge in [0.1, 0.15) is 5.75 Å². The van der Waals surface area contributed by atoms with Gasteiger partial charge in [0.25, 0.3) is 11.8 Å². The predicted octanol–water partition coefficient (Wildman–Crippen LogP) is 3.85. The van der Waals surface area contributed by atoms with E-state index in [1.165, 1.54) is 0 Å². The molecule has 0 saturated carbocycles. The van der Waals surface area contributed by atoms with Gasteiger partial charge in [-0.15, -0.1) is 0 Å². The molecule has 0 aromatic heterocycles. The molecule has 2 aromatic rings. The van der Waals surface area contributed by atoms with E-state index in [0.717, 1.165) is 37.2 Å². The Bertz CT molecular complexity index is 865. The average molecular weight is 453 g/mol. The van der Waals surface area contributed by atoms with Gasteiger partial charge in [-0.25, -0.2) is 5.43 Å². The molecule has 0 heterocycles. The van der Waals surface area contributed by atoms with E-state index in [2.05, 4.69) is 20.7 Å². The van der Waals surface area contributed by atoms with Crippen LogP contribution in [0.1, 0.15) is 56.0 Å². The highest BCUT2D eigenvalue weighted by Gasteiger charge is 2.23. The van der Waals surface area contributed by atoms with Gasteiger partial charge in [-0.3, -0.25) is 14.5 Å². The third-order valence-electron chi connectivity index (χ3n) is 5.36. The molecule has 1 unspecified atom stereocenters. The first-order valence-corrected chi connectivity index (χ1v) is 11.7. The van der Waals surface area contributed by atoms with Gasteiger partial charge in [-0.05, 0) is 81.2 Å². The van der Waals surface area contributed by atoms with E-state index in [1.54, 1.807) is 18.3 Å². The summed E-state index contributed by atoms with van der Waals surface area (Å²) in [5, 5.41) is 7.08. The van der Waals surface area contributed by atoms with E-state index in [0.29, 0.717) is 25.1 Å². The van der Waals surface area contributed by atoms with Crippen LogP contribution >= 0.6 is 0 Å². The van der Waals surface area contributed by atoms with E-state index in [-0.39, 0.29) is 17.9 Å². The molecule has 0 aliphatic carbocycles. The minimum Gasteiger partial charge on any atom is -0.494 e. The molecule has 0 aliphatic heterocycles. The fourth-order valence-electron chi connectivity index (χ4n) is 3.56. The van der Waals surface area contributed by atoms with Crippen molar-refractivity contribution in [2.45, 2.75) is 46.1 Å². The third-order valence-corrected chi connectivity index (χ3v) is 5.36. The molecular weight excluding hydrogens is 416 g/mol. The van der Waals surface area contributed by atoms with Crippen LogP contribution in [0.25, 0.3) is 0 Å². The van der Waals surface area contributed by atoms with Crippen molar-refractivity contribution in [3.8, 4) is 5.75 Å². The summed E-state index contributed by atoms with van der Waals surface area (Å²) < 4.78 is 5.43. The minimum absolute atomic E-state index is 0.0720. The maximum atomic E-state index is 12.8. The Balaban J connectivity index is 1.82. The van der Waals surface area contributed by atoms with Crippen LogP contribution in [0.2, 0.25) is 0 Å². The Morgan fingerprint density at radius 1 is 1.00 bits per heavy atom. The topological polar surface area (TPSA) is 83.0 Å². The molecule has 0 fully saturated rings. The minimum atomic E-state index is -0.262. The number of carbonyl (C=O) groups is 2. The van der Waals surface area contributed by atoms with Crippen LogP contribution in [0, 0.1) is 0 Å². The van der Waals surface area contributed by atoms with Gasteiger partial charge in [0.05, 0.1) is 18.9 Å². The number of benzene rings is 2. The second-order valence-electron chi connectivity index (χ2n) is 7.59. The van der Waals surface area contributed by atoms with Crippen molar-refractivity contribution >= 4 is 18.0 Å². The SMILES string of the molecule is CCOc1ccc(/C=N/NC(=O)C(CCCCNC(=O)c2ccccc2)N(CC)CC)cc1. The maximum Gasteiger partial charge on any atom is 0.257 e. The molecule has 33 heavy (non-hydrogen) atoms. The summed E-state index contributed by atoms with van der Waals surface area (Å²) in [5.74, 6) is 0.617. The number of carbonyl (C=O) groups excluding carboxylic acids is 2. The molecule has 2 rings (SSSR count). The number of nitrogens with one attached hydrogen (secondary N) is 2. The fraction of sp³-hybridized carbons (Fsp3) is 0.423. The second-order valence-corrected chi connectivity index (χ2v) is 7.59. The number of hydrogen-bond donors (Lipinski definition) is 2. The smallest absolute Gasteiger partial charge is 0.257 e. The number of ether oxygens (including phenoxy) is 1. The van der Waals surface area contributed by atoms with Crippen molar-refractivity contribution in [2.24, 2.45) is 5.10 Å². The Labute approximate surface area is 197 Å². The summed E-state index contributed by atoms with van der Waals surface area (Å²) in [7, 11) is 0. The first kappa shape index (κ1) is 26.1. The molecule has 0 saturated heterocycles. The average Bonchev–Trinajstić information content (AvgIpc) is 2.85. The zero-order valence-electron chi connectivity index (χ0n) is 19.9. The monoisotopic (exact) mass is 452 g/mol. The van der Waals surface area contributed by atoms with Gasteiger partial charge in [-0.1, -0.05) is 32.0 Å². The maximum absolute atomic E-state index is 12.8. The number of unbranched alkanes of at least 4 members (excludes halogenated alkanes) is 1. The highest BCUT2D eigenvalue weighted by atomic mass is 16.5. The predicted molar refractivity (Wildman–Crippen MR) is 133 cm³/mol. The summed E-state index contributed by atoms with van der Waals surface area (Å²) in [6.45, 7) is 8.80. The van der Waals surface area contributed by atoms with E-state index >= 15 is 0 Å². The van der Waals surface area contributed by atoms with E-state index in [9.17, 15) is 9.59 Å². The zero-order chi connectivity index (χ0) is 23.9. The number of amides is 2. The lowest BCUT2D eigenvalue weighted by atomic mass is 10.1. The number of rotatable bonds is 14. The molecule has 0 aliphatic rings. The van der Waals surface area contributed by atoms with Crippen LogP contribution in [0.3, 0.4) is 0 Å². The summed E-state index contributed by atoms with van der Waals surface area (Å²) in [6.07, 6.45) is 3.96. The number of likely N-dealkylation sites (N-methyl/N-ethyl adjacent to an activating group) is 1. The Kier molecular flexibility index (Phi) is 11.7. The number of hydrogen-bond acceptors (Lipinski definition) is 5. The van der Waals surface area contributed by atoms with Crippen LogP contribution in [-0.2, 0) is 4.79 Å². The van der Waals surface area contributed by atoms with Crippen LogP contribution in [0.15, 0.2) is 59.7 Å². The number of hydrazone groups is 1. The molecular formula is C26H36N4O3. The molecule has 0 radical (unpaired) electrons. The quantitative estimate of drug-likeness (QED) is 0.259. The van der Waals surface area contributed by atoms with Crippen molar-refractivity contribution in [3.05, 3.63) is 65.7 Å². The summed E-state index contributed by atoms with van der Waals surface area (Å²) >= 11 is 0. The standard InChI is InChI=1S/C26H36N4O3/c1-4-30(5-2)24(14-10-11-19-27-25(31)22-12-8-7-9-13-22)26(32)29-28-20-21-15-17-23(18-16-21)33-6-3/h7-9,12-13,15-18,20,24H,4-6,10-11,14,19H2,1-3H3,(H,27,31)(H,29,32)/b28-20+. The fourth-order valence-corrected chi connectivity index (χ4v) is 3.56. The van der Waals surface area contributed by atoms with Gasteiger partial charge >= 0.3 is 0 Å². The van der Waals surface area contributed by atoms with Crippen LogP contribution < -0.4 is 15.5 Å². The van der Waals surface area contributed by atoms with E-state index < -0.39 is 0 Å². The molecule has 2 N–H and O–H groups in total. The molecule has 7 nitrogen and oxygen atoms in total. The largest absolute Gasteiger partial charge is 0.494 e. The molecule has 0 spiro atoms. The Hall–Kier alpha value is -3.19. The normalized spacial score (nSPS) is 12.0. The van der Waals surface area contributed by atoms with Crippen molar-refractivity contribution in [1.82, 2.24) is 15.6 Å². The van der Waals surface area contributed by atoms with E-state index in [4.69, 9.17) is 4.74 Å². The molecule has 1 atom stereocenters. The van der Waals surface area contributed by atoms with Gasteiger partial charge in [0, 0.05) is 12.1 Å². The van der Waals surface area contributed by atoms with Crippen molar-refractivity contribution in [2.75, 3.05) is 26.2 Å². The van der Waals surface area contributed by atoms with Crippen LogP contribution in [0.4, 0.5) is 0 Å². The molecule has 178 valence electrons. The molecule has 2 aromatic carbocycles. The number of nitrogens with zero attached hydrogens (tertiary/aromatic N) is 2. The van der Waals surface area contributed by atoms with Crippen molar-refractivity contribution in [3.63, 3.8) is 0 Å². The molecule has 7 heteroatoms. The summed E-state index contributed by atoms with van der Waals surface area (Å²) in [4.78, 5) is 27.1. The first-order valence-electron chi connectivity index (χ1n) is 11.7. The van der Waals surface area contributed by atoms with Gasteiger partial charge < -0.3 is 10.1 Å². The van der Waals surface area contributed by atoms with Gasteiger partial charge in [0.15, 0.2) is 0 Å². The van der Waals surface area contributed by atoms with E-state index in [1.807, 2.05) is 63.2 Å². The second kappa shape index (κ2) is 14.8. The Morgan fingerprint density at radius 2 is 1.70 bits per heavy atom. The molecule has 2 amide bonds. The lowest BCUT2D eigenvalue weighted by Gasteiger charge is -2.28. The van der Waals surface area contributed by atoms with Crippen molar-refractivity contribution in [1.29, 1.82) is 0 Å². The Morgan fingerprint density at radius 3 is 2.33 bits per heavy atom. The zero-order valence-corrected chi connectivity index (χ0v) is 19.9. The van der Waals surface area contributed by atoms with Gasteiger partial charge in [0.2, 0.25) is 0 Å². The highest BCUT2D eigenvalue weighted by Crippen LogP contribution is 2.11. The van der Waals surface area contributed by atoms with Crippen LogP contribution in [0.5, 0.6) is 5.75 Å². The van der Waals surface area contributed by atoms with Crippen molar-refractivity contribution < 1.29 is 14.3 Å². The third kappa shape index (κ3) is 9.06. The first-order chi connectivity index (χ1) is 16.1. The summed E-state index contributed by atoms with van der Waals surface area (Å²) in [6, 6.07) is 16.5. The molecule has 0 bridgehead atoms. The van der Waals surface area contributed by atoms with Gasteiger partial charge in [-0.2, -0.15) is 5.10 Å². The lowest BCUT2D eigenvalue weighted by molar-refractivity contribution is -0.126.